The minimum Gasteiger partial charge on any atom is -0.483 e. The molecule has 3 nitrogen and oxygen atoms in total. The van der Waals surface area contributed by atoms with Gasteiger partial charge in [-0.2, -0.15) is 0 Å². The fourth-order valence-electron chi connectivity index (χ4n) is 3.64. The number of ether oxygens (including phenoxy) is 1. The molecule has 3 heteroatoms. The molecule has 3 aromatic rings. The van der Waals surface area contributed by atoms with Gasteiger partial charge in [-0.3, -0.25) is 4.79 Å². The minimum absolute atomic E-state index is 0.288. The van der Waals surface area contributed by atoms with Gasteiger partial charge in [-0.1, -0.05) is 11.6 Å². The molecule has 4 rings (SSSR count). The van der Waals surface area contributed by atoms with Crippen LogP contribution >= 0.6 is 0 Å². The molecule has 0 bridgehead atoms. The monoisotopic (exact) mass is 345 g/mol. The van der Waals surface area contributed by atoms with Crippen molar-refractivity contribution in [3.63, 3.8) is 0 Å². The van der Waals surface area contributed by atoms with Crippen LogP contribution in [-0.4, -0.2) is 16.9 Å². The first-order chi connectivity index (χ1) is 12.5. The lowest BCUT2D eigenvalue weighted by Gasteiger charge is -2.31. The van der Waals surface area contributed by atoms with Crippen molar-refractivity contribution in [2.75, 3.05) is 0 Å². The number of aromatic nitrogens is 1. The van der Waals surface area contributed by atoms with E-state index in [0.717, 1.165) is 52.2 Å². The molecule has 1 N–H and O–H groups in total. The van der Waals surface area contributed by atoms with E-state index in [1.165, 1.54) is 5.57 Å². The van der Waals surface area contributed by atoms with Crippen molar-refractivity contribution >= 4 is 34.2 Å². The third-order valence-electron chi connectivity index (χ3n) is 5.07. The van der Waals surface area contributed by atoms with E-state index < -0.39 is 0 Å². The van der Waals surface area contributed by atoms with Crippen LogP contribution in [0.1, 0.15) is 49.5 Å². The van der Waals surface area contributed by atoms with Gasteiger partial charge in [0, 0.05) is 27.4 Å². The summed E-state index contributed by atoms with van der Waals surface area (Å²) < 4.78 is 6.36. The minimum atomic E-state index is -0.288. The number of hydrogen-bond acceptors (Lipinski definition) is 2. The molecule has 0 radical (unpaired) electrons. The molecule has 0 saturated carbocycles. The van der Waals surface area contributed by atoms with Crippen LogP contribution in [0.25, 0.3) is 27.9 Å². The number of benzene rings is 2. The van der Waals surface area contributed by atoms with Gasteiger partial charge in [-0.15, -0.1) is 0 Å². The SMILES string of the molecule is CC(C)=CCC[C@@]1(C)C=Cc2c(ccc3c2[nH]c2ccc(C=O)cc23)O1. The lowest BCUT2D eigenvalue weighted by molar-refractivity contribution is 0.112. The maximum absolute atomic E-state index is 11.1. The van der Waals surface area contributed by atoms with Crippen LogP contribution in [0, 0.1) is 0 Å². The van der Waals surface area contributed by atoms with E-state index in [1.807, 2.05) is 24.3 Å². The fraction of sp³-hybridized carbons (Fsp3) is 0.261. The Bertz CT molecular complexity index is 1070. The molecule has 2 heterocycles. The summed E-state index contributed by atoms with van der Waals surface area (Å²) in [7, 11) is 0. The Morgan fingerprint density at radius 3 is 2.81 bits per heavy atom. The van der Waals surface area contributed by atoms with Gasteiger partial charge in [-0.25, -0.2) is 0 Å². The summed E-state index contributed by atoms with van der Waals surface area (Å²) in [6.07, 6.45) is 9.42. The summed E-state index contributed by atoms with van der Waals surface area (Å²) in [5.74, 6) is 0.905. The van der Waals surface area contributed by atoms with Crippen molar-refractivity contribution in [2.45, 2.75) is 39.2 Å². The molecule has 0 fully saturated rings. The van der Waals surface area contributed by atoms with Crippen molar-refractivity contribution in [1.29, 1.82) is 0 Å². The molecule has 1 aliphatic rings. The van der Waals surface area contributed by atoms with E-state index >= 15 is 0 Å². The van der Waals surface area contributed by atoms with E-state index in [2.05, 4.69) is 50.0 Å². The van der Waals surface area contributed by atoms with E-state index in [4.69, 9.17) is 4.74 Å². The van der Waals surface area contributed by atoms with Crippen molar-refractivity contribution in [3.8, 4) is 5.75 Å². The molecular weight excluding hydrogens is 322 g/mol. The molecule has 132 valence electrons. The van der Waals surface area contributed by atoms with Crippen molar-refractivity contribution < 1.29 is 9.53 Å². The number of aromatic amines is 1. The summed E-state index contributed by atoms with van der Waals surface area (Å²) in [4.78, 5) is 14.6. The fourth-order valence-corrected chi connectivity index (χ4v) is 3.64. The molecule has 0 unspecified atom stereocenters. The summed E-state index contributed by atoms with van der Waals surface area (Å²) in [6, 6.07) is 9.86. The third kappa shape index (κ3) is 2.84. The Balaban J connectivity index is 1.75. The van der Waals surface area contributed by atoms with Crippen LogP contribution in [0.5, 0.6) is 5.75 Å². The largest absolute Gasteiger partial charge is 0.483 e. The molecule has 1 aromatic heterocycles. The second-order valence-corrected chi connectivity index (χ2v) is 7.52. The van der Waals surface area contributed by atoms with Crippen LogP contribution in [-0.2, 0) is 0 Å². The molecule has 0 aliphatic carbocycles. The quantitative estimate of drug-likeness (QED) is 0.462. The van der Waals surface area contributed by atoms with Crippen LogP contribution in [0.4, 0.5) is 0 Å². The first-order valence-electron chi connectivity index (χ1n) is 9.04. The van der Waals surface area contributed by atoms with Gasteiger partial charge in [0.25, 0.3) is 0 Å². The smallest absolute Gasteiger partial charge is 0.150 e. The number of fused-ring (bicyclic) bond motifs is 5. The second-order valence-electron chi connectivity index (χ2n) is 7.52. The number of carbonyl (C=O) groups excluding carboxylic acids is 1. The van der Waals surface area contributed by atoms with E-state index in [0.29, 0.717) is 5.56 Å². The predicted octanol–water partition coefficient (Wildman–Crippen LogP) is 6.04. The van der Waals surface area contributed by atoms with Gasteiger partial charge >= 0.3 is 0 Å². The van der Waals surface area contributed by atoms with E-state index in [-0.39, 0.29) is 5.60 Å². The molecular formula is C23H23NO2. The lowest BCUT2D eigenvalue weighted by atomic mass is 9.94. The first kappa shape index (κ1) is 16.6. The van der Waals surface area contributed by atoms with Crippen molar-refractivity contribution in [1.82, 2.24) is 4.98 Å². The number of H-pyrrole nitrogens is 1. The van der Waals surface area contributed by atoms with Gasteiger partial charge in [0.1, 0.15) is 17.6 Å². The Hall–Kier alpha value is -2.81. The lowest BCUT2D eigenvalue weighted by Crippen LogP contribution is -2.31. The normalized spacial score (nSPS) is 18.6. The standard InChI is InChI=1S/C23H23NO2/c1-15(2)5-4-11-23(3)12-10-18-21(26-23)9-7-17-19-13-16(14-25)6-8-20(19)24-22(17)18/h5-10,12-14,24H,4,11H2,1-3H3/t23-/m0/s1. The molecule has 1 atom stereocenters. The average molecular weight is 345 g/mol. The van der Waals surface area contributed by atoms with Crippen LogP contribution < -0.4 is 4.74 Å². The maximum atomic E-state index is 11.1. The van der Waals surface area contributed by atoms with E-state index in [9.17, 15) is 4.79 Å². The topological polar surface area (TPSA) is 42.1 Å². The zero-order valence-electron chi connectivity index (χ0n) is 15.4. The first-order valence-corrected chi connectivity index (χ1v) is 9.04. The summed E-state index contributed by atoms with van der Waals surface area (Å²) >= 11 is 0. The van der Waals surface area contributed by atoms with Gasteiger partial charge in [-0.05, 0) is 76.1 Å². The van der Waals surface area contributed by atoms with Gasteiger partial charge < -0.3 is 9.72 Å². The number of carbonyl (C=O) groups is 1. The second kappa shape index (κ2) is 6.17. The van der Waals surface area contributed by atoms with Gasteiger partial charge in [0.2, 0.25) is 0 Å². The number of nitrogens with one attached hydrogen (secondary N) is 1. The Morgan fingerprint density at radius 1 is 1.19 bits per heavy atom. The molecule has 0 amide bonds. The predicted molar refractivity (Wildman–Crippen MR) is 108 cm³/mol. The molecule has 0 saturated heterocycles. The summed E-state index contributed by atoms with van der Waals surface area (Å²) in [6.45, 7) is 6.38. The Kier molecular flexibility index (Phi) is 3.95. The number of allylic oxidation sites excluding steroid dienone is 2. The van der Waals surface area contributed by atoms with Gasteiger partial charge in [0.15, 0.2) is 0 Å². The zero-order chi connectivity index (χ0) is 18.3. The number of aldehydes is 1. The number of rotatable bonds is 4. The molecule has 26 heavy (non-hydrogen) atoms. The highest BCUT2D eigenvalue weighted by molar-refractivity contribution is 6.11. The van der Waals surface area contributed by atoms with Crippen LogP contribution in [0.3, 0.4) is 0 Å². The average Bonchev–Trinajstić information content (AvgIpc) is 2.98. The highest BCUT2D eigenvalue weighted by Crippen LogP contribution is 2.39. The summed E-state index contributed by atoms with van der Waals surface area (Å²) in [5.41, 5.74) is 4.90. The molecule has 2 aromatic carbocycles. The third-order valence-corrected chi connectivity index (χ3v) is 5.07. The van der Waals surface area contributed by atoms with Crippen LogP contribution in [0.15, 0.2) is 48.1 Å². The zero-order valence-corrected chi connectivity index (χ0v) is 15.4. The maximum Gasteiger partial charge on any atom is 0.150 e. The van der Waals surface area contributed by atoms with Gasteiger partial charge in [0.05, 0.1) is 5.52 Å². The number of hydrogen-bond donors (Lipinski definition) is 1. The molecule has 0 spiro atoms. The highest BCUT2D eigenvalue weighted by Gasteiger charge is 2.28. The van der Waals surface area contributed by atoms with Crippen molar-refractivity contribution in [2.24, 2.45) is 0 Å². The van der Waals surface area contributed by atoms with E-state index in [1.54, 1.807) is 0 Å². The van der Waals surface area contributed by atoms with Crippen molar-refractivity contribution in [3.05, 3.63) is 59.2 Å². The molecule has 1 aliphatic heterocycles. The van der Waals surface area contributed by atoms with Crippen LogP contribution in [0.2, 0.25) is 0 Å². The summed E-state index contributed by atoms with van der Waals surface area (Å²) in [5, 5.41) is 2.18. The highest BCUT2D eigenvalue weighted by atomic mass is 16.5. The Labute approximate surface area is 153 Å². The Morgan fingerprint density at radius 2 is 2.04 bits per heavy atom.